The summed E-state index contributed by atoms with van der Waals surface area (Å²) in [5.41, 5.74) is 2.13. The van der Waals surface area contributed by atoms with Crippen molar-refractivity contribution in [2.24, 2.45) is 0 Å². The van der Waals surface area contributed by atoms with E-state index in [0.717, 1.165) is 23.4 Å². The van der Waals surface area contributed by atoms with Crippen LogP contribution in [0.5, 0.6) is 5.75 Å². The maximum absolute atomic E-state index is 12.8. The van der Waals surface area contributed by atoms with Crippen LogP contribution in [0.1, 0.15) is 37.1 Å². The molecule has 144 valence electrons. The zero-order valence-electron chi connectivity index (χ0n) is 16.2. The van der Waals surface area contributed by atoms with Crippen LogP contribution in [-0.2, 0) is 9.53 Å². The molecular weight excluding hydrogens is 340 g/mol. The molecule has 0 aliphatic carbocycles. The molecule has 3 atom stereocenters. The highest BCUT2D eigenvalue weighted by Gasteiger charge is 2.29. The molecule has 1 saturated heterocycles. The zero-order valence-corrected chi connectivity index (χ0v) is 16.2. The van der Waals surface area contributed by atoms with Crippen LogP contribution in [0.25, 0.3) is 0 Å². The molecule has 1 heterocycles. The first-order valence-electron chi connectivity index (χ1n) is 9.44. The summed E-state index contributed by atoms with van der Waals surface area (Å²) in [7, 11) is 1.65. The largest absolute Gasteiger partial charge is 0.496 e. The van der Waals surface area contributed by atoms with Gasteiger partial charge in [0.05, 0.1) is 31.9 Å². The van der Waals surface area contributed by atoms with E-state index in [1.54, 1.807) is 7.11 Å². The molecule has 5 heteroatoms. The number of morpholine rings is 1. The molecule has 1 amide bonds. The van der Waals surface area contributed by atoms with Gasteiger partial charge in [0.15, 0.2) is 0 Å². The van der Waals surface area contributed by atoms with E-state index in [-0.39, 0.29) is 24.1 Å². The van der Waals surface area contributed by atoms with Crippen molar-refractivity contribution in [1.29, 1.82) is 0 Å². The maximum Gasteiger partial charge on any atom is 0.237 e. The SMILES string of the molecule is COc1ccccc1C(C)NC(=O)C(C)N1CCOC(c2ccccc2)C1. The summed E-state index contributed by atoms with van der Waals surface area (Å²) in [6.07, 6.45) is 0.00170. The van der Waals surface area contributed by atoms with Crippen molar-refractivity contribution < 1.29 is 14.3 Å². The lowest BCUT2D eigenvalue weighted by atomic mass is 10.1. The van der Waals surface area contributed by atoms with Crippen LogP contribution in [0, 0.1) is 0 Å². The summed E-state index contributed by atoms with van der Waals surface area (Å²) in [5, 5.41) is 3.12. The Balaban J connectivity index is 1.62. The molecule has 0 radical (unpaired) electrons. The number of nitrogens with zero attached hydrogens (tertiary/aromatic N) is 1. The molecule has 0 saturated carbocycles. The fourth-order valence-corrected chi connectivity index (χ4v) is 3.49. The van der Waals surface area contributed by atoms with Gasteiger partial charge in [0, 0.05) is 18.7 Å². The van der Waals surface area contributed by atoms with Gasteiger partial charge in [0.1, 0.15) is 5.75 Å². The van der Waals surface area contributed by atoms with Crippen LogP contribution in [0.15, 0.2) is 54.6 Å². The number of nitrogens with one attached hydrogen (secondary N) is 1. The Kier molecular flexibility index (Phi) is 6.48. The number of methoxy groups -OCH3 is 1. The molecule has 0 spiro atoms. The van der Waals surface area contributed by atoms with Gasteiger partial charge >= 0.3 is 0 Å². The van der Waals surface area contributed by atoms with Crippen LogP contribution >= 0.6 is 0 Å². The molecule has 27 heavy (non-hydrogen) atoms. The lowest BCUT2D eigenvalue weighted by Crippen LogP contribution is -2.50. The number of hydrogen-bond acceptors (Lipinski definition) is 4. The lowest BCUT2D eigenvalue weighted by Gasteiger charge is -2.36. The van der Waals surface area contributed by atoms with Gasteiger partial charge in [-0.05, 0) is 25.5 Å². The molecule has 5 nitrogen and oxygen atoms in total. The highest BCUT2D eigenvalue weighted by molar-refractivity contribution is 5.81. The number of hydrogen-bond donors (Lipinski definition) is 1. The van der Waals surface area contributed by atoms with Crippen LogP contribution < -0.4 is 10.1 Å². The van der Waals surface area contributed by atoms with Gasteiger partial charge in [-0.25, -0.2) is 0 Å². The van der Waals surface area contributed by atoms with Gasteiger partial charge in [-0.1, -0.05) is 48.5 Å². The standard InChI is InChI=1S/C22H28N2O3/c1-16(19-11-7-8-12-20(19)26-3)23-22(25)17(2)24-13-14-27-21(15-24)18-9-5-4-6-10-18/h4-12,16-17,21H,13-15H2,1-3H3,(H,23,25). The van der Waals surface area contributed by atoms with Gasteiger partial charge in [-0.15, -0.1) is 0 Å². The first-order valence-corrected chi connectivity index (χ1v) is 9.44. The Labute approximate surface area is 161 Å². The van der Waals surface area contributed by atoms with Crippen molar-refractivity contribution in [2.45, 2.75) is 32.0 Å². The number of para-hydroxylation sites is 1. The molecular formula is C22H28N2O3. The summed E-state index contributed by atoms with van der Waals surface area (Å²) in [6.45, 7) is 6.02. The predicted octanol–water partition coefficient (Wildman–Crippen LogP) is 3.33. The van der Waals surface area contributed by atoms with E-state index in [0.29, 0.717) is 13.2 Å². The van der Waals surface area contributed by atoms with Gasteiger partial charge in [-0.2, -0.15) is 0 Å². The third-order valence-corrected chi connectivity index (χ3v) is 5.16. The summed E-state index contributed by atoms with van der Waals surface area (Å²) >= 11 is 0. The summed E-state index contributed by atoms with van der Waals surface area (Å²) in [4.78, 5) is 15.0. The Hall–Kier alpha value is -2.37. The van der Waals surface area contributed by atoms with Crippen molar-refractivity contribution in [2.75, 3.05) is 26.8 Å². The fraction of sp³-hybridized carbons (Fsp3) is 0.409. The van der Waals surface area contributed by atoms with Crippen LogP contribution in [0.3, 0.4) is 0 Å². The lowest BCUT2D eigenvalue weighted by molar-refractivity contribution is -0.130. The van der Waals surface area contributed by atoms with Crippen molar-refractivity contribution in [3.8, 4) is 5.75 Å². The third-order valence-electron chi connectivity index (χ3n) is 5.16. The highest BCUT2D eigenvalue weighted by Crippen LogP contribution is 2.26. The van der Waals surface area contributed by atoms with E-state index in [1.807, 2.05) is 56.3 Å². The van der Waals surface area contributed by atoms with E-state index >= 15 is 0 Å². The summed E-state index contributed by atoms with van der Waals surface area (Å²) < 4.78 is 11.3. The average Bonchev–Trinajstić information content (AvgIpc) is 2.73. The monoisotopic (exact) mass is 368 g/mol. The molecule has 1 N–H and O–H groups in total. The molecule has 1 aliphatic rings. The van der Waals surface area contributed by atoms with E-state index in [4.69, 9.17) is 9.47 Å². The Morgan fingerprint density at radius 2 is 1.85 bits per heavy atom. The van der Waals surface area contributed by atoms with Gasteiger partial charge < -0.3 is 14.8 Å². The van der Waals surface area contributed by atoms with Gasteiger partial charge in [0.25, 0.3) is 0 Å². The predicted molar refractivity (Wildman–Crippen MR) is 106 cm³/mol. The average molecular weight is 368 g/mol. The van der Waals surface area contributed by atoms with E-state index < -0.39 is 0 Å². The topological polar surface area (TPSA) is 50.8 Å². The summed E-state index contributed by atoms with van der Waals surface area (Å²) in [6, 6.07) is 17.6. The fourth-order valence-electron chi connectivity index (χ4n) is 3.49. The molecule has 1 aliphatic heterocycles. The summed E-state index contributed by atoms with van der Waals surface area (Å²) in [5.74, 6) is 0.801. The normalized spacial score (nSPS) is 19.9. The number of carbonyl (C=O) groups excluding carboxylic acids is 1. The molecule has 2 aromatic rings. The molecule has 3 unspecified atom stereocenters. The first kappa shape index (κ1) is 19.4. The number of ether oxygens (including phenoxy) is 2. The van der Waals surface area contributed by atoms with Crippen molar-refractivity contribution in [3.05, 3.63) is 65.7 Å². The molecule has 1 fully saturated rings. The smallest absolute Gasteiger partial charge is 0.237 e. The van der Waals surface area contributed by atoms with Crippen molar-refractivity contribution in [3.63, 3.8) is 0 Å². The third kappa shape index (κ3) is 4.67. The van der Waals surface area contributed by atoms with Crippen molar-refractivity contribution >= 4 is 5.91 Å². The molecule has 0 bridgehead atoms. The number of benzene rings is 2. The molecule has 3 rings (SSSR count). The second kappa shape index (κ2) is 9.02. The van der Waals surface area contributed by atoms with Crippen LogP contribution in [0.4, 0.5) is 0 Å². The Morgan fingerprint density at radius 3 is 2.59 bits per heavy atom. The minimum absolute atomic E-state index is 0.00170. The highest BCUT2D eigenvalue weighted by atomic mass is 16.5. The number of carbonyl (C=O) groups is 1. The molecule has 0 aromatic heterocycles. The van der Waals surface area contributed by atoms with E-state index in [1.165, 1.54) is 0 Å². The van der Waals surface area contributed by atoms with Crippen LogP contribution in [-0.4, -0.2) is 43.7 Å². The van der Waals surface area contributed by atoms with E-state index in [9.17, 15) is 4.79 Å². The zero-order chi connectivity index (χ0) is 19.2. The molecule has 2 aromatic carbocycles. The minimum Gasteiger partial charge on any atom is -0.496 e. The second-order valence-electron chi connectivity index (χ2n) is 6.91. The second-order valence-corrected chi connectivity index (χ2v) is 6.91. The Morgan fingerprint density at radius 1 is 1.15 bits per heavy atom. The number of rotatable bonds is 6. The van der Waals surface area contributed by atoms with E-state index in [2.05, 4.69) is 22.3 Å². The van der Waals surface area contributed by atoms with Crippen molar-refractivity contribution in [1.82, 2.24) is 10.2 Å². The minimum atomic E-state index is -0.225. The quantitative estimate of drug-likeness (QED) is 0.850. The van der Waals surface area contributed by atoms with Crippen LogP contribution in [0.2, 0.25) is 0 Å². The first-order chi connectivity index (χ1) is 13.1. The maximum atomic E-state index is 12.8. The van der Waals surface area contributed by atoms with Gasteiger partial charge in [-0.3, -0.25) is 9.69 Å². The van der Waals surface area contributed by atoms with Gasteiger partial charge in [0.2, 0.25) is 5.91 Å². The number of amides is 1. The Bertz CT molecular complexity index is 750.